The predicted molar refractivity (Wildman–Crippen MR) is 224 cm³/mol. The van der Waals surface area contributed by atoms with E-state index in [0.717, 1.165) is 16.7 Å². The molecule has 0 saturated carbocycles. The lowest BCUT2D eigenvalue weighted by molar-refractivity contribution is -0.137. The number of ether oxygens (including phenoxy) is 1. The van der Waals surface area contributed by atoms with Crippen LogP contribution >= 0.6 is 0 Å². The molecule has 0 radical (unpaired) electrons. The Hall–Kier alpha value is -7.52. The van der Waals surface area contributed by atoms with Crippen molar-refractivity contribution >= 4 is 35.2 Å². The number of Topliss-reactive ketones (excluding diaryl/α,β-unsaturated/α-hetero) is 2. The number of primary amides is 2. The summed E-state index contributed by atoms with van der Waals surface area (Å²) in [4.78, 5) is 81.2. The normalized spacial score (nSPS) is 12.5. The van der Waals surface area contributed by atoms with E-state index in [0.29, 0.717) is 29.8 Å². The molecule has 3 unspecified atom stereocenters. The maximum Gasteiger partial charge on any atom is 0.290 e. The maximum atomic E-state index is 13.7. The van der Waals surface area contributed by atoms with Crippen molar-refractivity contribution in [2.45, 2.75) is 64.3 Å². The zero-order valence-electron chi connectivity index (χ0n) is 33.6. The topological polar surface area (TPSA) is 232 Å². The molecule has 3 atom stereocenters. The first-order chi connectivity index (χ1) is 29.4. The van der Waals surface area contributed by atoms with Gasteiger partial charge in [0.15, 0.2) is 5.89 Å². The van der Waals surface area contributed by atoms with Gasteiger partial charge in [-0.25, -0.2) is 9.67 Å². The molecule has 15 nitrogen and oxygen atoms in total. The van der Waals surface area contributed by atoms with E-state index < -0.39 is 47.3 Å². The quantitative estimate of drug-likeness (QED) is 0.0803. The highest BCUT2D eigenvalue weighted by Gasteiger charge is 2.30. The minimum Gasteiger partial charge on any atom is -0.435 e. The Bertz CT molecular complexity index is 2520. The van der Waals surface area contributed by atoms with Crippen LogP contribution in [0.4, 0.5) is 0 Å². The Kier molecular flexibility index (Phi) is 14.1. The van der Waals surface area contributed by atoms with Gasteiger partial charge >= 0.3 is 0 Å². The smallest absolute Gasteiger partial charge is 0.290 e. The second-order valence-electron chi connectivity index (χ2n) is 14.5. The Labute approximate surface area is 351 Å². The van der Waals surface area contributed by atoms with Crippen molar-refractivity contribution in [1.82, 2.24) is 25.4 Å². The van der Waals surface area contributed by atoms with Crippen LogP contribution in [0.2, 0.25) is 0 Å². The van der Waals surface area contributed by atoms with Crippen molar-refractivity contribution in [3.05, 3.63) is 161 Å². The van der Waals surface area contributed by atoms with Crippen LogP contribution in [0.1, 0.15) is 62.7 Å². The predicted octanol–water partition coefficient (Wildman–Crippen LogP) is 4.16. The molecule has 4 aromatic carbocycles. The third-order valence-electron chi connectivity index (χ3n) is 9.74. The summed E-state index contributed by atoms with van der Waals surface area (Å²) >= 11 is 0. The van der Waals surface area contributed by atoms with Gasteiger partial charge in [-0.05, 0) is 55.2 Å². The molecule has 2 heterocycles. The summed E-state index contributed by atoms with van der Waals surface area (Å²) in [5, 5.41) is 9.83. The van der Waals surface area contributed by atoms with Crippen LogP contribution in [0.3, 0.4) is 0 Å². The number of ketones is 2. The second kappa shape index (κ2) is 20.0. The van der Waals surface area contributed by atoms with Crippen LogP contribution in [0.5, 0.6) is 0 Å². The third kappa shape index (κ3) is 11.4. The molecule has 0 bridgehead atoms. The SMILES string of the molecule is Cc1cc(C(=O)NC(Cc2ccccc2)C(=O)C(N)=O)n(-c2cccc(COC(C)CCc3nc(-c4ccccc4)c(C(=O)NC(Cc4ccccc4)C(=O)C(N)=O)o3)c2)n1. The molecule has 0 fully saturated rings. The molecular weight excluding hydrogens is 779 g/mol. The molecule has 0 spiro atoms. The number of oxazole rings is 1. The largest absolute Gasteiger partial charge is 0.435 e. The van der Waals surface area contributed by atoms with Gasteiger partial charge in [-0.15, -0.1) is 0 Å². The van der Waals surface area contributed by atoms with Crippen molar-refractivity contribution < 1.29 is 37.9 Å². The Balaban J connectivity index is 1.12. The standard InChI is InChI=1S/C46H45N7O8/c1-28-23-37(45(58)49-35(40(54)43(47)56)25-30-13-6-3-7-14-30)53(52-28)34-20-12-17-32(24-34)27-60-29(2)21-22-38-51-39(33-18-10-5-11-19-33)42(61-38)46(59)50-36(41(55)44(48)57)26-31-15-8-4-9-16-31/h3-20,23-24,29,35-36H,21-22,25-27H2,1-2H3,(H2,47,56)(H2,48,57)(H,49,58)(H,50,59). The Morgan fingerprint density at radius 1 is 0.705 bits per heavy atom. The number of carbonyl (C=O) groups excluding carboxylic acids is 6. The first-order valence-corrected chi connectivity index (χ1v) is 19.6. The van der Waals surface area contributed by atoms with E-state index in [2.05, 4.69) is 20.7 Å². The fraction of sp³-hybridized carbons (Fsp3) is 0.217. The van der Waals surface area contributed by atoms with Crippen LogP contribution in [0.15, 0.2) is 126 Å². The molecule has 312 valence electrons. The summed E-state index contributed by atoms with van der Waals surface area (Å²) in [6.45, 7) is 3.83. The van der Waals surface area contributed by atoms with Gasteiger partial charge in [0.1, 0.15) is 23.5 Å². The molecule has 0 aliphatic rings. The van der Waals surface area contributed by atoms with Crippen LogP contribution in [0, 0.1) is 6.92 Å². The zero-order valence-corrected chi connectivity index (χ0v) is 33.6. The fourth-order valence-electron chi connectivity index (χ4n) is 6.62. The van der Waals surface area contributed by atoms with Crippen LogP contribution < -0.4 is 22.1 Å². The van der Waals surface area contributed by atoms with E-state index in [1.54, 1.807) is 97.9 Å². The molecular formula is C46H45N7O8. The van der Waals surface area contributed by atoms with Gasteiger partial charge in [0, 0.05) is 24.8 Å². The molecule has 61 heavy (non-hydrogen) atoms. The highest BCUT2D eigenvalue weighted by molar-refractivity contribution is 6.38. The number of nitrogens with one attached hydrogen (secondary N) is 2. The fourth-order valence-corrected chi connectivity index (χ4v) is 6.62. The molecule has 2 aromatic heterocycles. The second-order valence-corrected chi connectivity index (χ2v) is 14.5. The summed E-state index contributed by atoms with van der Waals surface area (Å²) in [6, 6.07) is 33.3. The van der Waals surface area contributed by atoms with E-state index in [9.17, 15) is 28.8 Å². The van der Waals surface area contributed by atoms with E-state index in [1.807, 2.05) is 37.3 Å². The lowest BCUT2D eigenvalue weighted by atomic mass is 10.0. The number of carbonyl (C=O) groups is 6. The summed E-state index contributed by atoms with van der Waals surface area (Å²) in [6.07, 6.45) is 0.583. The lowest BCUT2D eigenvalue weighted by Gasteiger charge is -2.17. The minimum absolute atomic E-state index is 0.0437. The van der Waals surface area contributed by atoms with Gasteiger partial charge in [0.25, 0.3) is 23.6 Å². The maximum absolute atomic E-state index is 13.7. The van der Waals surface area contributed by atoms with Crippen molar-refractivity contribution in [3.8, 4) is 16.9 Å². The number of hydrogen-bond donors (Lipinski definition) is 4. The molecule has 0 saturated heterocycles. The monoisotopic (exact) mass is 823 g/mol. The molecule has 0 aliphatic heterocycles. The molecule has 15 heteroatoms. The lowest BCUT2D eigenvalue weighted by Crippen LogP contribution is -2.47. The van der Waals surface area contributed by atoms with Gasteiger partial charge in [-0.2, -0.15) is 5.10 Å². The molecule has 6 aromatic rings. The Morgan fingerprint density at radius 2 is 1.25 bits per heavy atom. The van der Waals surface area contributed by atoms with Gasteiger partial charge in [0.2, 0.25) is 17.3 Å². The van der Waals surface area contributed by atoms with Gasteiger partial charge < -0.3 is 31.3 Å². The number of amides is 4. The zero-order chi connectivity index (χ0) is 43.5. The summed E-state index contributed by atoms with van der Waals surface area (Å²) in [7, 11) is 0. The van der Waals surface area contributed by atoms with Crippen molar-refractivity contribution in [3.63, 3.8) is 0 Å². The number of nitrogens with two attached hydrogens (primary N) is 2. The minimum atomic E-state index is -1.23. The number of aromatic nitrogens is 3. The molecule has 6 N–H and O–H groups in total. The molecule has 4 amide bonds. The number of benzene rings is 4. The average molecular weight is 824 g/mol. The van der Waals surface area contributed by atoms with E-state index in [-0.39, 0.29) is 48.6 Å². The first kappa shape index (κ1) is 43.1. The van der Waals surface area contributed by atoms with Crippen LogP contribution in [-0.2, 0) is 49.8 Å². The Morgan fingerprint density at radius 3 is 1.82 bits per heavy atom. The molecule has 6 rings (SSSR count). The summed E-state index contributed by atoms with van der Waals surface area (Å²) in [5.41, 5.74) is 15.1. The van der Waals surface area contributed by atoms with Crippen LogP contribution in [0.25, 0.3) is 16.9 Å². The van der Waals surface area contributed by atoms with Gasteiger partial charge in [-0.3, -0.25) is 28.8 Å². The summed E-state index contributed by atoms with van der Waals surface area (Å²) < 4.78 is 13.7. The number of rotatable bonds is 20. The van der Waals surface area contributed by atoms with E-state index >= 15 is 0 Å². The number of aryl methyl sites for hydroxylation is 2. The van der Waals surface area contributed by atoms with Crippen molar-refractivity contribution in [1.29, 1.82) is 0 Å². The van der Waals surface area contributed by atoms with Gasteiger partial charge in [0.05, 0.1) is 24.1 Å². The van der Waals surface area contributed by atoms with Crippen molar-refractivity contribution in [2.24, 2.45) is 11.5 Å². The van der Waals surface area contributed by atoms with E-state index in [1.165, 1.54) is 4.68 Å². The third-order valence-corrected chi connectivity index (χ3v) is 9.74. The number of hydrogen-bond acceptors (Lipinski definition) is 10. The summed E-state index contributed by atoms with van der Waals surface area (Å²) in [5.74, 6) is -5.36. The van der Waals surface area contributed by atoms with Crippen LogP contribution in [-0.4, -0.2) is 68.1 Å². The molecule has 0 aliphatic carbocycles. The highest BCUT2D eigenvalue weighted by atomic mass is 16.5. The van der Waals surface area contributed by atoms with Crippen molar-refractivity contribution in [2.75, 3.05) is 0 Å². The van der Waals surface area contributed by atoms with E-state index in [4.69, 9.17) is 20.6 Å². The number of nitrogens with zero attached hydrogens (tertiary/aromatic N) is 3. The van der Waals surface area contributed by atoms with Gasteiger partial charge in [-0.1, -0.05) is 103 Å². The highest BCUT2D eigenvalue weighted by Crippen LogP contribution is 2.26. The average Bonchev–Trinajstić information content (AvgIpc) is 3.89. The first-order valence-electron chi connectivity index (χ1n) is 19.6.